The average molecular weight is 562 g/mol. The molecule has 1 amide bonds. The zero-order chi connectivity index (χ0) is 29.7. The molecule has 2 aromatic carbocycles. The second-order valence-electron chi connectivity index (χ2n) is 10.4. The molecule has 0 fully saturated rings. The minimum Gasteiger partial charge on any atom is -0.324 e. The summed E-state index contributed by atoms with van der Waals surface area (Å²) in [6.45, 7) is 11.9. The molecule has 0 radical (unpaired) electrons. The number of H-pyrrole nitrogens is 1. The lowest BCUT2D eigenvalue weighted by Crippen LogP contribution is -2.31. The SMILES string of the molecule is C=C1C=CC=C(CN(C)CC(C)C)N1C=C(C=CC)C(=O)Nc1nc2ccc(-c3cccc(C(F)(F)F)c3)cc2[nH]1. The number of aromatic amines is 1. The van der Waals surface area contributed by atoms with E-state index in [0.717, 1.165) is 30.1 Å². The van der Waals surface area contributed by atoms with Crippen molar-refractivity contribution in [2.75, 3.05) is 25.5 Å². The first kappa shape index (κ1) is 29.6. The molecule has 214 valence electrons. The first-order valence-electron chi connectivity index (χ1n) is 13.3. The van der Waals surface area contributed by atoms with E-state index in [4.69, 9.17) is 0 Å². The molecular formula is C32H34F3N5O. The fourth-order valence-electron chi connectivity index (χ4n) is 4.67. The summed E-state index contributed by atoms with van der Waals surface area (Å²) in [5.74, 6) is 0.366. The summed E-state index contributed by atoms with van der Waals surface area (Å²) in [5, 5.41) is 2.81. The molecule has 1 aliphatic rings. The van der Waals surface area contributed by atoms with Gasteiger partial charge in [0.05, 0.1) is 22.2 Å². The molecule has 0 saturated heterocycles. The van der Waals surface area contributed by atoms with Crippen molar-refractivity contribution in [1.82, 2.24) is 19.8 Å². The van der Waals surface area contributed by atoms with Gasteiger partial charge in [0.1, 0.15) is 0 Å². The van der Waals surface area contributed by atoms with E-state index in [1.807, 2.05) is 30.1 Å². The quantitative estimate of drug-likeness (QED) is 0.210. The molecule has 41 heavy (non-hydrogen) atoms. The third-order valence-electron chi connectivity index (χ3n) is 6.42. The zero-order valence-electron chi connectivity index (χ0n) is 23.6. The predicted molar refractivity (Wildman–Crippen MR) is 159 cm³/mol. The van der Waals surface area contributed by atoms with E-state index in [0.29, 0.717) is 40.2 Å². The Morgan fingerprint density at radius 2 is 1.95 bits per heavy atom. The highest BCUT2D eigenvalue weighted by Crippen LogP contribution is 2.33. The summed E-state index contributed by atoms with van der Waals surface area (Å²) < 4.78 is 39.6. The molecule has 0 atom stereocenters. The van der Waals surface area contributed by atoms with Crippen LogP contribution in [0.25, 0.3) is 22.2 Å². The van der Waals surface area contributed by atoms with Crippen LogP contribution in [0.5, 0.6) is 0 Å². The molecule has 0 spiro atoms. The number of fused-ring (bicyclic) bond motifs is 1. The Labute approximate surface area is 238 Å². The van der Waals surface area contributed by atoms with Gasteiger partial charge in [0.2, 0.25) is 5.95 Å². The summed E-state index contributed by atoms with van der Waals surface area (Å²) in [6, 6.07) is 10.3. The first-order valence-corrected chi connectivity index (χ1v) is 13.3. The second kappa shape index (κ2) is 12.4. The number of benzene rings is 2. The lowest BCUT2D eigenvalue weighted by atomic mass is 10.0. The first-order chi connectivity index (χ1) is 19.4. The fourth-order valence-corrected chi connectivity index (χ4v) is 4.67. The number of alkyl halides is 3. The van der Waals surface area contributed by atoms with Crippen LogP contribution in [0.15, 0.2) is 103 Å². The number of nitrogens with zero attached hydrogens (tertiary/aromatic N) is 3. The molecule has 3 aromatic rings. The maximum absolute atomic E-state index is 13.4. The second-order valence-corrected chi connectivity index (χ2v) is 10.4. The largest absolute Gasteiger partial charge is 0.416 e. The van der Waals surface area contributed by atoms with Crippen LogP contribution < -0.4 is 5.32 Å². The smallest absolute Gasteiger partial charge is 0.324 e. The Hall–Kier alpha value is -4.37. The highest BCUT2D eigenvalue weighted by atomic mass is 19.4. The summed E-state index contributed by atoms with van der Waals surface area (Å²) in [4.78, 5) is 25.0. The Morgan fingerprint density at radius 3 is 2.66 bits per heavy atom. The van der Waals surface area contributed by atoms with Crippen LogP contribution in [0.3, 0.4) is 0 Å². The summed E-state index contributed by atoms with van der Waals surface area (Å²) in [7, 11) is 2.06. The summed E-state index contributed by atoms with van der Waals surface area (Å²) in [6.07, 6.45) is 6.66. The van der Waals surface area contributed by atoms with Gasteiger partial charge in [-0.2, -0.15) is 13.2 Å². The van der Waals surface area contributed by atoms with Crippen molar-refractivity contribution < 1.29 is 18.0 Å². The maximum atomic E-state index is 13.4. The topological polar surface area (TPSA) is 64.3 Å². The van der Waals surface area contributed by atoms with Crippen molar-refractivity contribution in [2.45, 2.75) is 26.9 Å². The van der Waals surface area contributed by atoms with Crippen LogP contribution in [-0.2, 0) is 11.0 Å². The number of anilines is 1. The van der Waals surface area contributed by atoms with Gasteiger partial charge in [0, 0.05) is 30.7 Å². The normalized spacial score (nSPS) is 14.6. The molecule has 9 heteroatoms. The van der Waals surface area contributed by atoms with Gasteiger partial charge in [-0.3, -0.25) is 10.1 Å². The van der Waals surface area contributed by atoms with E-state index >= 15 is 0 Å². The van der Waals surface area contributed by atoms with E-state index in [1.54, 1.807) is 42.6 Å². The molecular weight excluding hydrogens is 527 g/mol. The Kier molecular flexibility index (Phi) is 8.98. The van der Waals surface area contributed by atoms with E-state index < -0.39 is 11.7 Å². The van der Waals surface area contributed by atoms with Gasteiger partial charge in [-0.05, 0) is 67.4 Å². The highest BCUT2D eigenvalue weighted by molar-refractivity contribution is 6.05. The minimum atomic E-state index is -4.43. The third kappa shape index (κ3) is 7.43. The van der Waals surface area contributed by atoms with E-state index in [1.165, 1.54) is 6.07 Å². The maximum Gasteiger partial charge on any atom is 0.416 e. The van der Waals surface area contributed by atoms with Gasteiger partial charge in [0.25, 0.3) is 5.91 Å². The molecule has 4 rings (SSSR count). The van der Waals surface area contributed by atoms with Crippen LogP contribution in [0, 0.1) is 5.92 Å². The number of hydrogen-bond donors (Lipinski definition) is 2. The van der Waals surface area contributed by atoms with E-state index in [-0.39, 0.29) is 11.9 Å². The van der Waals surface area contributed by atoms with Crippen molar-refractivity contribution in [3.8, 4) is 11.1 Å². The van der Waals surface area contributed by atoms with Crippen LogP contribution in [-0.4, -0.2) is 45.8 Å². The number of likely N-dealkylation sites (N-methyl/N-ethyl adjacent to an activating group) is 1. The lowest BCUT2D eigenvalue weighted by molar-refractivity contribution is -0.137. The number of nitrogens with one attached hydrogen (secondary N) is 2. The van der Waals surface area contributed by atoms with E-state index in [2.05, 4.69) is 47.7 Å². The molecule has 1 aliphatic heterocycles. The van der Waals surface area contributed by atoms with Crippen molar-refractivity contribution in [1.29, 1.82) is 0 Å². The van der Waals surface area contributed by atoms with Crippen molar-refractivity contribution >= 4 is 22.9 Å². The van der Waals surface area contributed by atoms with Gasteiger partial charge in [-0.15, -0.1) is 0 Å². The number of imidazole rings is 1. The van der Waals surface area contributed by atoms with Gasteiger partial charge < -0.3 is 14.8 Å². The number of aromatic nitrogens is 2. The molecule has 6 nitrogen and oxygen atoms in total. The van der Waals surface area contributed by atoms with Crippen LogP contribution in [0.1, 0.15) is 26.3 Å². The molecule has 2 N–H and O–H groups in total. The monoisotopic (exact) mass is 561 g/mol. The Morgan fingerprint density at radius 1 is 1.20 bits per heavy atom. The van der Waals surface area contributed by atoms with E-state index in [9.17, 15) is 18.0 Å². The molecule has 0 unspecified atom stereocenters. The number of rotatable bonds is 9. The van der Waals surface area contributed by atoms with Crippen LogP contribution in [0.2, 0.25) is 0 Å². The molecule has 0 aliphatic carbocycles. The van der Waals surface area contributed by atoms with Crippen molar-refractivity contribution in [3.63, 3.8) is 0 Å². The highest BCUT2D eigenvalue weighted by Gasteiger charge is 2.30. The molecule has 2 heterocycles. The van der Waals surface area contributed by atoms with Crippen LogP contribution in [0.4, 0.5) is 19.1 Å². The number of amides is 1. The lowest BCUT2D eigenvalue weighted by Gasteiger charge is -2.30. The molecule has 0 bridgehead atoms. The number of halogens is 3. The molecule has 0 saturated carbocycles. The summed E-state index contributed by atoms with van der Waals surface area (Å²) in [5.41, 5.74) is 3.58. The zero-order valence-corrected chi connectivity index (χ0v) is 23.6. The number of carbonyl (C=O) groups excluding carboxylic acids is 1. The van der Waals surface area contributed by atoms with Gasteiger partial charge >= 0.3 is 6.18 Å². The standard InChI is InChI=1S/C32H34F3N5O/c1-6-9-25(19-40-22(4)10-7-13-27(40)20-39(5)18-21(2)3)30(41)38-31-36-28-15-14-24(17-29(28)37-31)23-11-8-12-26(16-23)32(33,34)35/h6-17,19,21H,4,18,20H2,1-3,5H3,(H2,36,37,38,41). The summed E-state index contributed by atoms with van der Waals surface area (Å²) >= 11 is 0. The van der Waals surface area contributed by atoms with Crippen LogP contribution >= 0.6 is 0 Å². The van der Waals surface area contributed by atoms with Gasteiger partial charge in [-0.25, -0.2) is 4.98 Å². The Bertz CT molecular complexity index is 1560. The predicted octanol–water partition coefficient (Wildman–Crippen LogP) is 7.50. The number of hydrogen-bond acceptors (Lipinski definition) is 4. The van der Waals surface area contributed by atoms with Gasteiger partial charge in [-0.1, -0.05) is 56.9 Å². The third-order valence-corrected chi connectivity index (χ3v) is 6.42. The number of allylic oxidation sites excluding steroid dienone is 4. The van der Waals surface area contributed by atoms with Crippen molar-refractivity contribution in [2.24, 2.45) is 5.92 Å². The van der Waals surface area contributed by atoms with Crippen molar-refractivity contribution in [3.05, 3.63) is 108 Å². The number of carbonyl (C=O) groups is 1. The fraction of sp³-hybridized carbons (Fsp3) is 0.250. The van der Waals surface area contributed by atoms with Gasteiger partial charge in [0.15, 0.2) is 0 Å². The Balaban J connectivity index is 1.56. The minimum absolute atomic E-state index is 0.228. The average Bonchev–Trinajstić information content (AvgIpc) is 3.30. The molecule has 1 aromatic heterocycles.